The Morgan fingerprint density at radius 1 is 0.974 bits per heavy atom. The Kier molecular flexibility index (Phi) is 8.79. The Morgan fingerprint density at radius 3 is 2.51 bits per heavy atom. The van der Waals surface area contributed by atoms with Gasteiger partial charge in [0.1, 0.15) is 22.7 Å². The first-order valence-electron chi connectivity index (χ1n) is 13.6. The summed E-state index contributed by atoms with van der Waals surface area (Å²) in [6, 6.07) is 12.8. The highest BCUT2D eigenvalue weighted by atomic mass is 127. The number of benzene rings is 2. The van der Waals surface area contributed by atoms with Crippen molar-refractivity contribution in [1.29, 1.82) is 0 Å². The van der Waals surface area contributed by atoms with Gasteiger partial charge in [0, 0.05) is 29.6 Å². The molecule has 204 valence electrons. The molecule has 0 amide bonds. The molecule has 3 aliphatic rings. The molecule has 3 aromatic rings. The van der Waals surface area contributed by atoms with Crippen LogP contribution in [0.4, 0.5) is 5.69 Å². The highest BCUT2D eigenvalue weighted by molar-refractivity contribution is 8.03. The van der Waals surface area contributed by atoms with Gasteiger partial charge in [0.25, 0.3) is 5.01 Å². The zero-order valence-corrected chi connectivity index (χ0v) is 26.8. The molecule has 0 saturated carbocycles. The third-order valence-electron chi connectivity index (χ3n) is 7.87. The molecule has 0 spiro atoms. The molecule has 0 fully saturated rings. The lowest BCUT2D eigenvalue weighted by Gasteiger charge is -2.28. The van der Waals surface area contributed by atoms with Crippen LogP contribution in [0.2, 0.25) is 0 Å². The van der Waals surface area contributed by atoms with E-state index in [2.05, 4.69) is 84.0 Å². The molecule has 2 aliphatic carbocycles. The molecule has 1 unspecified atom stereocenters. The summed E-state index contributed by atoms with van der Waals surface area (Å²) in [5.74, 6) is 2.52. The van der Waals surface area contributed by atoms with E-state index in [9.17, 15) is 0 Å². The van der Waals surface area contributed by atoms with E-state index < -0.39 is 0 Å². The van der Waals surface area contributed by atoms with Crippen molar-refractivity contribution >= 4 is 45.1 Å². The molecule has 0 radical (unpaired) electrons. The number of hydrogen-bond donors (Lipinski definition) is 0. The number of hydrogen-bond acceptors (Lipinski definition) is 5. The van der Waals surface area contributed by atoms with E-state index >= 15 is 0 Å². The number of anilines is 1. The molecule has 4 nitrogen and oxygen atoms in total. The molecular formula is C32H35IN2O2S2. The monoisotopic (exact) mass is 670 g/mol. The molecular weight excluding hydrogens is 635 g/mol. The average molecular weight is 671 g/mol. The van der Waals surface area contributed by atoms with E-state index in [0.717, 1.165) is 37.4 Å². The number of aryl methyl sites for hydroxylation is 1. The Hall–Kier alpha value is -2.23. The van der Waals surface area contributed by atoms with Crippen LogP contribution in [0.25, 0.3) is 16.3 Å². The van der Waals surface area contributed by atoms with Crippen LogP contribution in [0.1, 0.15) is 44.5 Å². The first kappa shape index (κ1) is 28.3. The number of halogens is 1. The SMILES string of the molecule is CCN1/C(=C/C2=CC3=C/C(=C/c4sc5cc(OC)ccc5[n+]4CC)CCC3CC2)Sc2cc(OC)ccc21.[I-]. The van der Waals surface area contributed by atoms with Crippen molar-refractivity contribution in [3.63, 3.8) is 0 Å². The van der Waals surface area contributed by atoms with Crippen LogP contribution in [0, 0.1) is 5.92 Å². The van der Waals surface area contributed by atoms with Crippen molar-refractivity contribution in [2.75, 3.05) is 25.7 Å². The number of methoxy groups -OCH3 is 2. The second-order valence-corrected chi connectivity index (χ2v) is 12.2. The van der Waals surface area contributed by atoms with Gasteiger partial charge in [-0.25, -0.2) is 0 Å². The minimum atomic E-state index is 0. The highest BCUT2D eigenvalue weighted by Crippen LogP contribution is 2.48. The third-order valence-corrected chi connectivity index (χ3v) is 10.1. The van der Waals surface area contributed by atoms with Crippen LogP contribution in [-0.4, -0.2) is 20.8 Å². The summed E-state index contributed by atoms with van der Waals surface area (Å²) in [6.07, 6.45) is 14.5. The van der Waals surface area contributed by atoms with Gasteiger partial charge < -0.3 is 38.4 Å². The normalized spacial score (nSPS) is 20.4. The first-order valence-corrected chi connectivity index (χ1v) is 15.2. The smallest absolute Gasteiger partial charge is 0.263 e. The van der Waals surface area contributed by atoms with Crippen LogP contribution in [-0.2, 0) is 6.54 Å². The van der Waals surface area contributed by atoms with Gasteiger partial charge in [-0.3, -0.25) is 0 Å². The second-order valence-electron chi connectivity index (χ2n) is 10.0. The summed E-state index contributed by atoms with van der Waals surface area (Å²) in [6.45, 7) is 6.38. The maximum absolute atomic E-state index is 5.47. The second kappa shape index (κ2) is 12.1. The van der Waals surface area contributed by atoms with Crippen molar-refractivity contribution in [3.8, 4) is 11.5 Å². The fraction of sp³-hybridized carbons (Fsp3) is 0.344. The molecule has 0 N–H and O–H groups in total. The lowest BCUT2D eigenvalue weighted by atomic mass is 9.77. The van der Waals surface area contributed by atoms with E-state index in [1.807, 2.05) is 23.1 Å². The summed E-state index contributed by atoms with van der Waals surface area (Å²) < 4.78 is 14.6. The Morgan fingerprint density at radius 2 is 1.74 bits per heavy atom. The quantitative estimate of drug-likeness (QED) is 0.268. The minimum absolute atomic E-state index is 0. The number of thioether (sulfide) groups is 1. The number of aromatic nitrogens is 1. The highest BCUT2D eigenvalue weighted by Gasteiger charge is 2.27. The largest absolute Gasteiger partial charge is 1.00 e. The molecule has 2 aromatic carbocycles. The number of rotatable bonds is 6. The molecule has 1 aliphatic heterocycles. The van der Waals surface area contributed by atoms with Gasteiger partial charge in [0.05, 0.1) is 24.9 Å². The molecule has 0 bridgehead atoms. The van der Waals surface area contributed by atoms with E-state index in [1.54, 1.807) is 14.2 Å². The van der Waals surface area contributed by atoms with Crippen molar-refractivity contribution in [2.45, 2.75) is 51.0 Å². The van der Waals surface area contributed by atoms with E-state index in [4.69, 9.17) is 9.47 Å². The third kappa shape index (κ3) is 5.55. The van der Waals surface area contributed by atoms with Crippen LogP contribution < -0.4 is 42.9 Å². The van der Waals surface area contributed by atoms with E-state index in [1.165, 1.54) is 60.4 Å². The Labute approximate surface area is 257 Å². The number of ether oxygens (including phenoxy) is 2. The number of nitrogens with zero attached hydrogens (tertiary/aromatic N) is 2. The molecule has 39 heavy (non-hydrogen) atoms. The van der Waals surface area contributed by atoms with Crippen LogP contribution in [0.15, 0.2) is 81.3 Å². The van der Waals surface area contributed by atoms with E-state index in [0.29, 0.717) is 5.92 Å². The van der Waals surface area contributed by atoms with Crippen molar-refractivity contribution in [1.82, 2.24) is 0 Å². The van der Waals surface area contributed by atoms with Gasteiger partial charge in [-0.2, -0.15) is 4.57 Å². The van der Waals surface area contributed by atoms with Crippen LogP contribution in [0.3, 0.4) is 0 Å². The average Bonchev–Trinajstić information content (AvgIpc) is 3.47. The number of thiazole rings is 1. The predicted octanol–water partition coefficient (Wildman–Crippen LogP) is 5.14. The van der Waals surface area contributed by atoms with Gasteiger partial charge in [0.2, 0.25) is 5.52 Å². The molecule has 6 rings (SSSR count). The fourth-order valence-corrected chi connectivity index (χ4v) is 8.31. The Balaban J connectivity index is 0.00000308. The molecule has 1 aromatic heterocycles. The summed E-state index contributed by atoms with van der Waals surface area (Å²) in [7, 11) is 3.47. The molecule has 1 atom stereocenters. The lowest BCUT2D eigenvalue weighted by Crippen LogP contribution is -3.00. The minimum Gasteiger partial charge on any atom is -1.00 e. The van der Waals surface area contributed by atoms with Gasteiger partial charge in [-0.1, -0.05) is 35.3 Å². The maximum Gasteiger partial charge on any atom is 0.263 e. The van der Waals surface area contributed by atoms with Crippen molar-refractivity contribution in [3.05, 3.63) is 81.4 Å². The maximum atomic E-state index is 5.47. The van der Waals surface area contributed by atoms with E-state index in [-0.39, 0.29) is 24.0 Å². The molecule has 7 heteroatoms. The number of fused-ring (bicyclic) bond motifs is 3. The predicted molar refractivity (Wildman–Crippen MR) is 160 cm³/mol. The zero-order chi connectivity index (χ0) is 26.2. The summed E-state index contributed by atoms with van der Waals surface area (Å²) in [4.78, 5) is 3.70. The Bertz CT molecular complexity index is 1520. The topological polar surface area (TPSA) is 25.6 Å². The van der Waals surface area contributed by atoms with Gasteiger partial charge in [-0.15, -0.1) is 0 Å². The fourth-order valence-electron chi connectivity index (χ4n) is 5.85. The van der Waals surface area contributed by atoms with Gasteiger partial charge >= 0.3 is 0 Å². The molecule has 2 heterocycles. The number of allylic oxidation sites excluding steroid dienone is 6. The lowest BCUT2D eigenvalue weighted by molar-refractivity contribution is -0.665. The van der Waals surface area contributed by atoms with Gasteiger partial charge in [0.15, 0.2) is 0 Å². The van der Waals surface area contributed by atoms with Crippen LogP contribution in [0.5, 0.6) is 11.5 Å². The van der Waals surface area contributed by atoms with Crippen LogP contribution >= 0.6 is 23.1 Å². The summed E-state index contributed by atoms with van der Waals surface area (Å²) in [5, 5.41) is 2.63. The first-order chi connectivity index (χ1) is 18.6. The standard InChI is InChI=1S/C32H35N2O2S2.HI/c1-5-33-27-13-11-25(35-3)19-29(27)37-31(33)17-21-7-9-23-10-8-22(16-24(23)15-21)18-32-34(6-2)28-14-12-26(36-4)20-30(28)38-32;/h11-20,23H,5-10H2,1-4H3;1H/q+1;/p-1. The van der Waals surface area contributed by atoms with Crippen molar-refractivity contribution in [2.24, 2.45) is 5.92 Å². The zero-order valence-electron chi connectivity index (χ0n) is 23.0. The molecule has 0 saturated heterocycles. The van der Waals surface area contributed by atoms with Crippen molar-refractivity contribution < 1.29 is 38.0 Å². The van der Waals surface area contributed by atoms with Gasteiger partial charge in [-0.05, 0) is 92.5 Å². The summed E-state index contributed by atoms with van der Waals surface area (Å²) in [5.41, 5.74) is 6.94. The summed E-state index contributed by atoms with van der Waals surface area (Å²) >= 11 is 3.71.